The van der Waals surface area contributed by atoms with Crippen LogP contribution in [0.1, 0.15) is 56.3 Å². The van der Waals surface area contributed by atoms with Crippen LogP contribution in [-0.4, -0.2) is 62.9 Å². The molecule has 6 nitrogen and oxygen atoms in total. The fraction of sp³-hybridized carbons (Fsp3) is 0.667. The molecule has 0 saturated carbocycles. The highest BCUT2D eigenvalue weighted by molar-refractivity contribution is 7.92. The summed E-state index contributed by atoms with van der Waals surface area (Å²) in [4.78, 5) is 15.6. The first-order valence-electron chi connectivity index (χ1n) is 10.3. The number of nitrogens with one attached hydrogen (secondary N) is 1. The minimum absolute atomic E-state index is 0.0970. The summed E-state index contributed by atoms with van der Waals surface area (Å²) in [5.74, 6) is -0.317. The predicted octanol–water partition coefficient (Wildman–Crippen LogP) is 2.63. The molecule has 2 aliphatic heterocycles. The van der Waals surface area contributed by atoms with Crippen molar-refractivity contribution >= 4 is 15.7 Å². The number of rotatable bonds is 6. The van der Waals surface area contributed by atoms with Crippen LogP contribution in [-0.2, 0) is 14.6 Å². The van der Waals surface area contributed by atoms with Gasteiger partial charge in [0.1, 0.15) is 0 Å². The molecule has 0 aromatic heterocycles. The Morgan fingerprint density at radius 2 is 1.79 bits per heavy atom. The van der Waals surface area contributed by atoms with E-state index in [4.69, 9.17) is 4.74 Å². The lowest BCUT2D eigenvalue weighted by Crippen LogP contribution is -2.59. The summed E-state index contributed by atoms with van der Waals surface area (Å²) in [5.41, 5.74) is 0.136. The van der Waals surface area contributed by atoms with Crippen molar-refractivity contribution < 1.29 is 17.9 Å². The number of carbonyl (C=O) groups is 1. The Morgan fingerprint density at radius 3 is 2.43 bits per heavy atom. The van der Waals surface area contributed by atoms with Gasteiger partial charge in [-0.2, -0.15) is 0 Å². The van der Waals surface area contributed by atoms with Crippen molar-refractivity contribution in [2.24, 2.45) is 0 Å². The number of amides is 1. The van der Waals surface area contributed by atoms with Gasteiger partial charge in [-0.15, -0.1) is 0 Å². The van der Waals surface area contributed by atoms with Crippen molar-refractivity contribution in [3.05, 3.63) is 29.8 Å². The molecule has 0 aliphatic carbocycles. The third-order valence-corrected chi connectivity index (χ3v) is 8.30. The van der Waals surface area contributed by atoms with E-state index >= 15 is 0 Å². The number of nitrogens with zero attached hydrogens (tertiary/aromatic N) is 1. The van der Waals surface area contributed by atoms with E-state index in [2.05, 4.69) is 10.2 Å². The SMILES string of the molecule is CC(C)S(=O)(=O)c1ccccc1C(=O)NCC1(N2CCCCC2)CCOCC1. The molecule has 7 heteroatoms. The number of ether oxygens (including phenoxy) is 1. The average molecular weight is 409 g/mol. The van der Waals surface area contributed by atoms with Gasteiger partial charge in [0.15, 0.2) is 9.84 Å². The Kier molecular flexibility index (Phi) is 6.78. The number of benzene rings is 1. The molecule has 2 heterocycles. The molecule has 1 N–H and O–H groups in total. The average Bonchev–Trinajstić information content (AvgIpc) is 2.73. The van der Waals surface area contributed by atoms with Crippen LogP contribution in [0.15, 0.2) is 29.2 Å². The number of piperidine rings is 1. The lowest BCUT2D eigenvalue weighted by atomic mass is 9.86. The molecule has 0 radical (unpaired) electrons. The molecule has 1 aromatic rings. The number of hydrogen-bond donors (Lipinski definition) is 1. The summed E-state index contributed by atoms with van der Waals surface area (Å²) in [6, 6.07) is 6.50. The van der Waals surface area contributed by atoms with Gasteiger partial charge in [-0.1, -0.05) is 18.6 Å². The first kappa shape index (κ1) is 21.3. The van der Waals surface area contributed by atoms with Crippen LogP contribution in [0.2, 0.25) is 0 Å². The van der Waals surface area contributed by atoms with Gasteiger partial charge < -0.3 is 10.1 Å². The summed E-state index contributed by atoms with van der Waals surface area (Å²) in [5, 5.41) is 2.49. The second-order valence-electron chi connectivity index (χ2n) is 8.16. The van der Waals surface area contributed by atoms with Crippen molar-refractivity contribution in [3.8, 4) is 0 Å². The summed E-state index contributed by atoms with van der Waals surface area (Å²) in [6.07, 6.45) is 5.41. The normalized spacial score (nSPS) is 20.8. The molecule has 28 heavy (non-hydrogen) atoms. The Balaban J connectivity index is 1.79. The van der Waals surface area contributed by atoms with Crippen LogP contribution in [0.5, 0.6) is 0 Å². The van der Waals surface area contributed by atoms with Crippen molar-refractivity contribution in [2.75, 3.05) is 32.8 Å². The summed E-state index contributed by atoms with van der Waals surface area (Å²) >= 11 is 0. The lowest BCUT2D eigenvalue weighted by molar-refractivity contribution is -0.0349. The van der Waals surface area contributed by atoms with Crippen LogP contribution in [0.3, 0.4) is 0 Å². The van der Waals surface area contributed by atoms with Crippen LogP contribution in [0.25, 0.3) is 0 Å². The van der Waals surface area contributed by atoms with Crippen LogP contribution >= 0.6 is 0 Å². The quantitative estimate of drug-likeness (QED) is 0.783. The van der Waals surface area contributed by atoms with Gasteiger partial charge in [0.2, 0.25) is 0 Å². The monoisotopic (exact) mass is 408 g/mol. The molecule has 0 bridgehead atoms. The fourth-order valence-corrected chi connectivity index (χ4v) is 5.46. The zero-order valence-electron chi connectivity index (χ0n) is 16.9. The Labute approximate surface area is 168 Å². The summed E-state index contributed by atoms with van der Waals surface area (Å²) in [6.45, 7) is 7.29. The molecule has 0 unspecified atom stereocenters. The smallest absolute Gasteiger partial charge is 0.252 e. The van der Waals surface area contributed by atoms with Gasteiger partial charge in [0, 0.05) is 25.3 Å². The molecule has 1 aromatic carbocycles. The van der Waals surface area contributed by atoms with E-state index in [0.717, 1.165) is 25.9 Å². The van der Waals surface area contributed by atoms with Crippen LogP contribution < -0.4 is 5.32 Å². The van der Waals surface area contributed by atoms with Crippen LogP contribution in [0.4, 0.5) is 0 Å². The highest BCUT2D eigenvalue weighted by Crippen LogP contribution is 2.30. The highest BCUT2D eigenvalue weighted by atomic mass is 32.2. The minimum atomic E-state index is -3.52. The molecule has 0 atom stereocenters. The second kappa shape index (κ2) is 8.93. The van der Waals surface area contributed by atoms with Crippen molar-refractivity contribution in [1.29, 1.82) is 0 Å². The molecular formula is C21H32N2O4S. The summed E-state index contributed by atoms with van der Waals surface area (Å²) in [7, 11) is -3.52. The third kappa shape index (κ3) is 4.42. The van der Waals surface area contributed by atoms with E-state index < -0.39 is 15.1 Å². The second-order valence-corrected chi connectivity index (χ2v) is 10.6. The largest absolute Gasteiger partial charge is 0.381 e. The number of sulfone groups is 1. The maximum Gasteiger partial charge on any atom is 0.252 e. The number of hydrogen-bond acceptors (Lipinski definition) is 5. The standard InChI is InChI=1S/C21H32N2O4S/c1-17(2)28(25,26)19-9-5-4-8-18(19)20(24)22-16-21(10-14-27-15-11-21)23-12-6-3-7-13-23/h4-5,8-9,17H,3,6-7,10-16H2,1-2H3,(H,22,24). The predicted molar refractivity (Wildman–Crippen MR) is 109 cm³/mol. The van der Waals surface area contributed by atoms with E-state index in [-0.39, 0.29) is 21.9 Å². The van der Waals surface area contributed by atoms with Crippen LogP contribution in [0, 0.1) is 0 Å². The van der Waals surface area contributed by atoms with Gasteiger partial charge in [0.05, 0.1) is 15.7 Å². The maximum atomic E-state index is 13.0. The number of carbonyl (C=O) groups excluding carboxylic acids is 1. The topological polar surface area (TPSA) is 75.7 Å². The minimum Gasteiger partial charge on any atom is -0.381 e. The summed E-state index contributed by atoms with van der Waals surface area (Å²) < 4.78 is 30.9. The molecule has 1 amide bonds. The maximum absolute atomic E-state index is 13.0. The zero-order chi connectivity index (χ0) is 20.2. The molecule has 2 fully saturated rings. The van der Waals surface area contributed by atoms with E-state index in [1.54, 1.807) is 32.0 Å². The van der Waals surface area contributed by atoms with Gasteiger partial charge in [-0.05, 0) is 64.8 Å². The van der Waals surface area contributed by atoms with Gasteiger partial charge in [-0.3, -0.25) is 9.69 Å². The molecule has 2 saturated heterocycles. The Hall–Kier alpha value is -1.44. The van der Waals surface area contributed by atoms with Crippen molar-refractivity contribution in [2.45, 2.75) is 61.6 Å². The third-order valence-electron chi connectivity index (χ3n) is 6.09. The van der Waals surface area contributed by atoms with Gasteiger partial charge in [0.25, 0.3) is 5.91 Å². The Morgan fingerprint density at radius 1 is 1.14 bits per heavy atom. The van der Waals surface area contributed by atoms with E-state index in [9.17, 15) is 13.2 Å². The first-order chi connectivity index (χ1) is 13.4. The fourth-order valence-electron chi connectivity index (χ4n) is 4.22. The molecule has 3 rings (SSSR count). The highest BCUT2D eigenvalue weighted by Gasteiger charge is 2.39. The van der Waals surface area contributed by atoms with Gasteiger partial charge in [-0.25, -0.2) is 8.42 Å². The molecule has 0 spiro atoms. The molecular weight excluding hydrogens is 376 g/mol. The lowest BCUT2D eigenvalue weighted by Gasteiger charge is -2.48. The Bertz CT molecular complexity index is 779. The van der Waals surface area contributed by atoms with E-state index in [1.165, 1.54) is 25.3 Å². The van der Waals surface area contributed by atoms with Crippen molar-refractivity contribution in [1.82, 2.24) is 10.2 Å². The zero-order valence-corrected chi connectivity index (χ0v) is 17.8. The molecule has 156 valence electrons. The molecule has 2 aliphatic rings. The number of likely N-dealkylation sites (tertiary alicyclic amines) is 1. The van der Waals surface area contributed by atoms with Gasteiger partial charge >= 0.3 is 0 Å². The van der Waals surface area contributed by atoms with E-state index in [1.807, 2.05) is 0 Å². The van der Waals surface area contributed by atoms with E-state index in [0.29, 0.717) is 19.8 Å². The van der Waals surface area contributed by atoms with Crippen molar-refractivity contribution in [3.63, 3.8) is 0 Å². The first-order valence-corrected chi connectivity index (χ1v) is 11.9.